The molecule has 0 aromatic heterocycles. The second-order valence-electron chi connectivity index (χ2n) is 10.3. The number of amides is 2. The molecule has 12 heteroatoms. The zero-order chi connectivity index (χ0) is 34.4. The second-order valence-corrected chi connectivity index (χ2v) is 10.7. The fourth-order valence-corrected chi connectivity index (χ4v) is 5.26. The van der Waals surface area contributed by atoms with Crippen molar-refractivity contribution in [1.82, 2.24) is 5.32 Å². The van der Waals surface area contributed by atoms with E-state index >= 15 is 4.39 Å². The van der Waals surface area contributed by atoms with Crippen LogP contribution in [0.5, 0.6) is 0 Å². The molecule has 0 aliphatic carbocycles. The first kappa shape index (κ1) is 39.5. The van der Waals surface area contributed by atoms with Gasteiger partial charge in [0.15, 0.2) is 5.11 Å². The molecule has 1 saturated heterocycles. The lowest BCUT2D eigenvalue weighted by molar-refractivity contribution is -0.137. The molecule has 3 N–H and O–H groups in total. The Kier molecular flexibility index (Phi) is 16.2. The van der Waals surface area contributed by atoms with E-state index < -0.39 is 40.5 Å². The number of unbranched alkanes of at least 4 members (excludes halogenated alkanes) is 6. The predicted octanol–water partition coefficient (Wildman–Crippen LogP) is 8.10. The van der Waals surface area contributed by atoms with Crippen molar-refractivity contribution in [1.29, 1.82) is 5.26 Å². The van der Waals surface area contributed by atoms with E-state index in [1.807, 2.05) is 27.7 Å². The second kappa shape index (κ2) is 18.4. The number of thiocarbonyl (C=S) groups is 1. The van der Waals surface area contributed by atoms with Gasteiger partial charge in [0.2, 0.25) is 0 Å². The zero-order valence-corrected chi connectivity index (χ0v) is 27.8. The van der Waals surface area contributed by atoms with Gasteiger partial charge in [-0.3, -0.25) is 14.5 Å². The lowest BCUT2D eigenvalue weighted by Crippen LogP contribution is -2.44. The molecule has 1 aliphatic rings. The van der Waals surface area contributed by atoms with Gasteiger partial charge in [0.1, 0.15) is 11.4 Å². The predicted molar refractivity (Wildman–Crippen MR) is 176 cm³/mol. The highest BCUT2D eigenvalue weighted by atomic mass is 32.1. The summed E-state index contributed by atoms with van der Waals surface area (Å²) in [6, 6.07) is 8.16. The Hall–Kier alpha value is -3.56. The van der Waals surface area contributed by atoms with E-state index in [1.54, 1.807) is 0 Å². The number of hydrogen-bond acceptors (Lipinski definition) is 5. The first-order valence-corrected chi connectivity index (χ1v) is 15.8. The van der Waals surface area contributed by atoms with Crippen molar-refractivity contribution in [2.24, 2.45) is 5.73 Å². The van der Waals surface area contributed by atoms with Crippen molar-refractivity contribution in [3.05, 3.63) is 58.9 Å². The number of benzene rings is 2. The van der Waals surface area contributed by atoms with Crippen LogP contribution in [-0.2, 0) is 11.0 Å². The molecule has 0 unspecified atom stereocenters. The van der Waals surface area contributed by atoms with Crippen molar-refractivity contribution >= 4 is 40.5 Å². The van der Waals surface area contributed by atoms with Crippen LogP contribution < -0.4 is 20.9 Å². The third kappa shape index (κ3) is 9.96. The molecule has 2 aromatic rings. The lowest BCUT2D eigenvalue weighted by Gasteiger charge is -2.29. The smallest absolute Gasteiger partial charge is 0.352 e. The number of rotatable bonds is 12. The number of carbonyl (C=O) groups excluding carboxylic acids is 2. The largest absolute Gasteiger partial charge is 0.417 e. The third-order valence-electron chi connectivity index (χ3n) is 6.98. The molecular formula is C33H45F4N5O2S. The van der Waals surface area contributed by atoms with Gasteiger partial charge >= 0.3 is 6.18 Å². The summed E-state index contributed by atoms with van der Waals surface area (Å²) in [7, 11) is 0. The Morgan fingerprint density at radius 2 is 1.51 bits per heavy atom. The van der Waals surface area contributed by atoms with Crippen LogP contribution in [0.3, 0.4) is 0 Å². The van der Waals surface area contributed by atoms with Crippen molar-refractivity contribution in [3.63, 3.8) is 0 Å². The fourth-order valence-electron chi connectivity index (χ4n) is 4.74. The van der Waals surface area contributed by atoms with Crippen molar-refractivity contribution in [2.75, 3.05) is 22.9 Å². The molecule has 2 aromatic carbocycles. The highest BCUT2D eigenvalue weighted by molar-refractivity contribution is 7.81. The molecule has 0 atom stereocenters. The number of nitrogens with zero attached hydrogens (tertiary/aromatic N) is 3. The van der Waals surface area contributed by atoms with Crippen LogP contribution >= 0.6 is 12.2 Å². The van der Waals surface area contributed by atoms with Gasteiger partial charge in [-0.25, -0.2) is 4.39 Å². The van der Waals surface area contributed by atoms with E-state index in [2.05, 4.69) is 5.32 Å². The van der Waals surface area contributed by atoms with Crippen LogP contribution in [-0.4, -0.2) is 35.6 Å². The van der Waals surface area contributed by atoms with Crippen LogP contribution in [0.15, 0.2) is 36.4 Å². The summed E-state index contributed by atoms with van der Waals surface area (Å²) in [6.45, 7) is 12.1. The average molecular weight is 652 g/mol. The highest BCUT2D eigenvalue weighted by Gasteiger charge is 2.51. The molecule has 0 bridgehead atoms. The Balaban J connectivity index is 0.00000243. The summed E-state index contributed by atoms with van der Waals surface area (Å²) in [6.07, 6.45) is 2.30. The lowest BCUT2D eigenvalue weighted by atomic mass is 10.0. The molecule has 1 heterocycles. The molecule has 0 radical (unpaired) electrons. The SMILES string of the molecule is CC.CC.CC1(C)C(=O)N(c2ccc(C#N)c(C(F)(F)F)c2)C(=S)N1c1ccc(C(=O)NCCCCCCCCCN)c(F)c1. The first-order valence-electron chi connectivity index (χ1n) is 15.4. The number of hydrogen-bond donors (Lipinski definition) is 2. The van der Waals surface area contributed by atoms with Gasteiger partial charge < -0.3 is 16.0 Å². The Labute approximate surface area is 269 Å². The molecule has 0 spiro atoms. The molecule has 3 rings (SSSR count). The Morgan fingerprint density at radius 1 is 0.956 bits per heavy atom. The Morgan fingerprint density at radius 3 is 2.04 bits per heavy atom. The third-order valence-corrected chi connectivity index (χ3v) is 7.34. The van der Waals surface area contributed by atoms with Crippen LogP contribution in [0.1, 0.15) is 108 Å². The van der Waals surface area contributed by atoms with Gasteiger partial charge in [0, 0.05) is 12.2 Å². The fraction of sp³-hybridized carbons (Fsp3) is 0.515. The van der Waals surface area contributed by atoms with Gasteiger partial charge in [-0.15, -0.1) is 0 Å². The summed E-state index contributed by atoms with van der Waals surface area (Å²) in [5, 5.41) is 11.6. The minimum Gasteiger partial charge on any atom is -0.352 e. The molecule has 0 saturated carbocycles. The van der Waals surface area contributed by atoms with E-state index in [4.69, 9.17) is 23.2 Å². The van der Waals surface area contributed by atoms with Gasteiger partial charge in [-0.2, -0.15) is 18.4 Å². The molecule has 45 heavy (non-hydrogen) atoms. The number of carbonyl (C=O) groups is 2. The van der Waals surface area contributed by atoms with Crippen LogP contribution in [0.2, 0.25) is 0 Å². The van der Waals surface area contributed by atoms with E-state index in [0.29, 0.717) is 19.2 Å². The summed E-state index contributed by atoms with van der Waals surface area (Å²) in [5.74, 6) is -2.04. The number of nitrogens with two attached hydrogens (primary N) is 1. The molecule has 1 aliphatic heterocycles. The minimum absolute atomic E-state index is 0.157. The average Bonchev–Trinajstić information content (AvgIpc) is 3.19. The standard InChI is InChI=1S/C29H33F4N5O2S.2C2H6/c1-28(2)26(40)37(20-11-10-19(18-35)23(16-20)29(31,32)33)27(41)38(28)21-12-13-22(24(30)17-21)25(39)36-15-9-7-5-3-4-6-8-14-34;2*1-2/h10-13,16-17H,3-9,14-15,34H2,1-2H3,(H,36,39);2*1-2H3. The van der Waals surface area contributed by atoms with Crippen molar-refractivity contribution in [3.8, 4) is 6.07 Å². The molecule has 248 valence electrons. The highest BCUT2D eigenvalue weighted by Crippen LogP contribution is 2.40. The van der Waals surface area contributed by atoms with Gasteiger partial charge in [-0.1, -0.05) is 59.8 Å². The van der Waals surface area contributed by atoms with Crippen LogP contribution in [0, 0.1) is 17.1 Å². The van der Waals surface area contributed by atoms with Crippen LogP contribution in [0.25, 0.3) is 0 Å². The first-order chi connectivity index (χ1) is 21.3. The van der Waals surface area contributed by atoms with E-state index in [9.17, 15) is 22.8 Å². The van der Waals surface area contributed by atoms with Gasteiger partial charge in [0.05, 0.1) is 28.4 Å². The normalized spacial score (nSPS) is 13.8. The maximum absolute atomic E-state index is 15.1. The van der Waals surface area contributed by atoms with Gasteiger partial charge in [-0.05, 0) is 81.8 Å². The van der Waals surface area contributed by atoms with Crippen molar-refractivity contribution < 1.29 is 27.2 Å². The van der Waals surface area contributed by atoms with Crippen LogP contribution in [0.4, 0.5) is 28.9 Å². The number of anilines is 2. The van der Waals surface area contributed by atoms with E-state index in [0.717, 1.165) is 62.0 Å². The summed E-state index contributed by atoms with van der Waals surface area (Å²) >= 11 is 5.48. The molecule has 2 amide bonds. The topological polar surface area (TPSA) is 102 Å². The monoisotopic (exact) mass is 651 g/mol. The van der Waals surface area contributed by atoms with E-state index in [1.165, 1.54) is 43.0 Å². The summed E-state index contributed by atoms with van der Waals surface area (Å²) in [4.78, 5) is 28.2. The summed E-state index contributed by atoms with van der Waals surface area (Å²) in [5.41, 5.74) is 2.11. The van der Waals surface area contributed by atoms with Crippen molar-refractivity contribution in [2.45, 2.75) is 98.2 Å². The molecular weight excluding hydrogens is 606 g/mol. The minimum atomic E-state index is -4.83. The van der Waals surface area contributed by atoms with Gasteiger partial charge in [0.25, 0.3) is 11.8 Å². The Bertz CT molecular complexity index is 1340. The van der Waals surface area contributed by atoms with E-state index in [-0.39, 0.29) is 22.1 Å². The number of halogens is 4. The molecule has 1 fully saturated rings. The quantitative estimate of drug-likeness (QED) is 0.137. The zero-order valence-electron chi connectivity index (χ0n) is 27.0. The number of nitriles is 1. The summed E-state index contributed by atoms with van der Waals surface area (Å²) < 4.78 is 55.7. The number of nitrogens with one attached hydrogen (secondary N) is 1. The maximum atomic E-state index is 15.1. The number of alkyl halides is 3. The molecule has 7 nitrogen and oxygen atoms in total. The maximum Gasteiger partial charge on any atom is 0.417 e.